The number of benzene rings is 1. The average molecular weight is 220 g/mol. The van der Waals surface area contributed by atoms with Crippen LogP contribution in [0.4, 0.5) is 0 Å². The fourth-order valence-electron chi connectivity index (χ4n) is 0.852. The number of methoxy groups -OCH3 is 1. The third-order valence-electron chi connectivity index (χ3n) is 1.53. The van der Waals surface area contributed by atoms with E-state index in [0.717, 1.165) is 12.2 Å². The second-order valence-electron chi connectivity index (χ2n) is 2.46. The Balaban J connectivity index is 0.000000227. The first-order valence-electron chi connectivity index (χ1n) is 4.14. The van der Waals surface area contributed by atoms with Crippen molar-refractivity contribution in [3.63, 3.8) is 0 Å². The molecule has 0 amide bonds. The number of rotatable bonds is 1. The second kappa shape index (κ2) is 8.80. The summed E-state index contributed by atoms with van der Waals surface area (Å²) in [5, 5.41) is 0. The molecule has 0 spiro atoms. The molecule has 14 heavy (non-hydrogen) atoms. The van der Waals surface area contributed by atoms with Crippen LogP contribution in [0.5, 0.6) is 0 Å². The van der Waals surface area contributed by atoms with Gasteiger partial charge in [0.15, 0.2) is 0 Å². The van der Waals surface area contributed by atoms with Crippen molar-refractivity contribution in [2.24, 2.45) is 0 Å². The Bertz CT molecular complexity index is 251. The van der Waals surface area contributed by atoms with Gasteiger partial charge in [0.05, 0.1) is 7.11 Å². The standard InChI is InChI=1S/C6H7O.C6H5.Ti/c1-7-6-4-2-3-5-6;1-2-4-6-5-3-1;/h2,4H,5H2,1H3;1-5H;/q2*-1;+2. The third-order valence-corrected chi connectivity index (χ3v) is 1.53. The molecule has 1 aromatic carbocycles. The summed E-state index contributed by atoms with van der Waals surface area (Å²) in [4.78, 5) is 0. The molecule has 0 unspecified atom stereocenters. The summed E-state index contributed by atoms with van der Waals surface area (Å²) >= 11 is 0. The van der Waals surface area contributed by atoms with Crippen LogP contribution in [0, 0.1) is 12.1 Å². The molecule has 0 saturated carbocycles. The Labute approximate surface area is 100 Å². The van der Waals surface area contributed by atoms with Crippen LogP contribution in [0.15, 0.2) is 48.2 Å². The molecular weight excluding hydrogens is 208 g/mol. The number of hydrogen-bond acceptors (Lipinski definition) is 1. The Hall–Kier alpha value is -0.786. The minimum Gasteiger partial charge on any atom is -0.521 e. The molecule has 0 fully saturated rings. The molecule has 0 atom stereocenters. The predicted octanol–water partition coefficient (Wildman–Crippen LogP) is 2.76. The molecule has 1 aromatic rings. The molecule has 0 aliphatic heterocycles. The fraction of sp³-hybridized carbons (Fsp3) is 0.167. The molecule has 70 valence electrons. The molecule has 0 heterocycles. The maximum atomic E-state index is 4.88. The van der Waals surface area contributed by atoms with Crippen LogP contribution in [0.3, 0.4) is 0 Å². The van der Waals surface area contributed by atoms with E-state index in [-0.39, 0.29) is 21.7 Å². The van der Waals surface area contributed by atoms with Crippen LogP contribution in [0.2, 0.25) is 0 Å². The van der Waals surface area contributed by atoms with Gasteiger partial charge in [-0.25, -0.2) is 6.08 Å². The first-order valence-corrected chi connectivity index (χ1v) is 4.14. The van der Waals surface area contributed by atoms with Crippen LogP contribution < -0.4 is 0 Å². The van der Waals surface area contributed by atoms with Gasteiger partial charge in [-0.1, -0.05) is 6.42 Å². The number of allylic oxidation sites excluding steroid dienone is 3. The van der Waals surface area contributed by atoms with Crippen molar-refractivity contribution in [2.45, 2.75) is 6.42 Å². The van der Waals surface area contributed by atoms with E-state index in [1.54, 1.807) is 7.11 Å². The van der Waals surface area contributed by atoms with Crippen molar-refractivity contribution in [3.8, 4) is 0 Å². The normalized spacial score (nSPS) is 11.9. The van der Waals surface area contributed by atoms with Gasteiger partial charge in [0.1, 0.15) is 0 Å². The van der Waals surface area contributed by atoms with Crippen molar-refractivity contribution < 1.29 is 26.5 Å². The molecule has 0 bridgehead atoms. The van der Waals surface area contributed by atoms with Gasteiger partial charge in [-0.05, 0) is 0 Å². The molecule has 2 heteroatoms. The van der Waals surface area contributed by atoms with E-state index in [1.807, 2.05) is 42.5 Å². The van der Waals surface area contributed by atoms with E-state index >= 15 is 0 Å². The molecule has 0 radical (unpaired) electrons. The minimum atomic E-state index is 0. The second-order valence-corrected chi connectivity index (χ2v) is 2.46. The van der Waals surface area contributed by atoms with E-state index in [0.29, 0.717) is 0 Å². The Morgan fingerprint density at radius 1 is 1.21 bits per heavy atom. The maximum absolute atomic E-state index is 4.88. The van der Waals surface area contributed by atoms with Crippen LogP contribution >= 0.6 is 0 Å². The third kappa shape index (κ3) is 5.79. The van der Waals surface area contributed by atoms with Crippen molar-refractivity contribution in [1.29, 1.82) is 0 Å². The van der Waals surface area contributed by atoms with Gasteiger partial charge in [0.25, 0.3) is 0 Å². The summed E-state index contributed by atoms with van der Waals surface area (Å²) < 4.78 is 4.88. The van der Waals surface area contributed by atoms with Gasteiger partial charge in [-0.15, -0.1) is 0 Å². The summed E-state index contributed by atoms with van der Waals surface area (Å²) in [6.45, 7) is 0. The maximum Gasteiger partial charge on any atom is 2.00 e. The summed E-state index contributed by atoms with van der Waals surface area (Å²) in [6, 6.07) is 12.5. The van der Waals surface area contributed by atoms with Crippen molar-refractivity contribution >= 4 is 0 Å². The molecule has 1 aliphatic carbocycles. The quantitative estimate of drug-likeness (QED) is 0.522. The minimum absolute atomic E-state index is 0. The molecule has 0 saturated heterocycles. The summed E-state index contributed by atoms with van der Waals surface area (Å²) in [7, 11) is 1.67. The molecule has 0 N–H and O–H groups in total. The summed E-state index contributed by atoms with van der Waals surface area (Å²) in [6.07, 6.45) is 7.61. The van der Waals surface area contributed by atoms with E-state index in [2.05, 4.69) is 12.1 Å². The SMILES string of the molecule is COC1=CC=[C-]C1.[Ti+2].[c-]1ccccc1. The van der Waals surface area contributed by atoms with Crippen LogP contribution in [-0.2, 0) is 26.5 Å². The van der Waals surface area contributed by atoms with Gasteiger partial charge in [-0.2, -0.15) is 42.5 Å². The molecule has 1 aliphatic rings. The van der Waals surface area contributed by atoms with Crippen molar-refractivity contribution in [1.82, 2.24) is 0 Å². The average Bonchev–Trinajstić information content (AvgIpc) is 2.74. The largest absolute Gasteiger partial charge is 2.00 e. The van der Waals surface area contributed by atoms with Gasteiger partial charge in [0.2, 0.25) is 0 Å². The zero-order valence-electron chi connectivity index (χ0n) is 8.16. The Morgan fingerprint density at radius 2 is 1.93 bits per heavy atom. The fourth-order valence-corrected chi connectivity index (χ4v) is 0.852. The first kappa shape index (κ1) is 13.2. The monoisotopic (exact) mass is 220 g/mol. The zero-order chi connectivity index (χ0) is 9.36. The van der Waals surface area contributed by atoms with E-state index < -0.39 is 0 Å². The van der Waals surface area contributed by atoms with Gasteiger partial charge in [0, 0.05) is 5.76 Å². The Kier molecular flexibility index (Phi) is 8.30. The van der Waals surface area contributed by atoms with E-state index in [1.165, 1.54) is 0 Å². The first-order chi connectivity index (χ1) is 6.43. The van der Waals surface area contributed by atoms with Crippen LogP contribution in [0.25, 0.3) is 0 Å². The molecular formula is C12H12OTi. The van der Waals surface area contributed by atoms with Gasteiger partial charge >= 0.3 is 21.7 Å². The van der Waals surface area contributed by atoms with Crippen molar-refractivity contribution in [3.05, 3.63) is 60.4 Å². The molecule has 1 nitrogen and oxygen atoms in total. The molecule has 2 rings (SSSR count). The van der Waals surface area contributed by atoms with Crippen molar-refractivity contribution in [2.75, 3.05) is 7.11 Å². The van der Waals surface area contributed by atoms with E-state index in [4.69, 9.17) is 4.74 Å². The summed E-state index contributed by atoms with van der Waals surface area (Å²) in [5.74, 6) is 1.00. The Morgan fingerprint density at radius 3 is 2.14 bits per heavy atom. The van der Waals surface area contributed by atoms with Crippen LogP contribution in [0.1, 0.15) is 6.42 Å². The topological polar surface area (TPSA) is 9.23 Å². The van der Waals surface area contributed by atoms with Gasteiger partial charge in [-0.3, -0.25) is 6.08 Å². The smallest absolute Gasteiger partial charge is 0.521 e. The predicted molar refractivity (Wildman–Crippen MR) is 52.8 cm³/mol. The number of ether oxygens (including phenoxy) is 1. The van der Waals surface area contributed by atoms with Gasteiger partial charge < -0.3 is 4.74 Å². The molecule has 0 aromatic heterocycles. The zero-order valence-corrected chi connectivity index (χ0v) is 9.72. The van der Waals surface area contributed by atoms with E-state index in [9.17, 15) is 0 Å². The summed E-state index contributed by atoms with van der Waals surface area (Å²) in [5.41, 5.74) is 0. The van der Waals surface area contributed by atoms with Crippen LogP contribution in [-0.4, -0.2) is 7.11 Å². The number of hydrogen-bond donors (Lipinski definition) is 0.